The number of aliphatic hydroxyl groups is 2. The van der Waals surface area contributed by atoms with Gasteiger partial charge in [-0.1, -0.05) is 104 Å². The third-order valence-corrected chi connectivity index (χ3v) is 6.59. The Morgan fingerprint density at radius 2 is 1.29 bits per heavy atom. The van der Waals surface area contributed by atoms with Gasteiger partial charge in [0.1, 0.15) is 6.10 Å². The van der Waals surface area contributed by atoms with E-state index < -0.39 is 12.2 Å². The Balaban J connectivity index is 0.000000349. The zero-order chi connectivity index (χ0) is 25.8. The minimum atomic E-state index is -0.685. The zero-order valence-corrected chi connectivity index (χ0v) is 24.8. The van der Waals surface area contributed by atoms with Gasteiger partial charge in [-0.25, -0.2) is 0 Å². The summed E-state index contributed by atoms with van der Waals surface area (Å²) < 4.78 is 8.28. The van der Waals surface area contributed by atoms with E-state index in [-0.39, 0.29) is 0 Å². The fraction of sp³-hybridized carbons (Fsp3) is 0.786. The van der Waals surface area contributed by atoms with Crippen molar-refractivity contribution in [2.24, 2.45) is 10.8 Å². The molecule has 0 bridgehead atoms. The van der Waals surface area contributed by atoms with E-state index in [0.29, 0.717) is 47.9 Å². The summed E-state index contributed by atoms with van der Waals surface area (Å²) in [5.41, 5.74) is 2.85. The molecule has 2 aliphatic rings. The van der Waals surface area contributed by atoms with E-state index in [9.17, 15) is 10.2 Å². The normalized spacial score (nSPS) is 24.7. The molecule has 198 valence electrons. The molecule has 0 radical (unpaired) electrons. The van der Waals surface area contributed by atoms with Crippen LogP contribution < -0.4 is 0 Å². The Morgan fingerprint density at radius 3 is 1.76 bits per heavy atom. The van der Waals surface area contributed by atoms with Gasteiger partial charge >= 0.3 is 22.1 Å². The van der Waals surface area contributed by atoms with E-state index in [0.717, 1.165) is 30.6 Å². The standard InChI is InChI=1S/C18H36N2.C10H12O2.O.Os/c1-17(2,3)11-13-19-15-9-7-8-10-16(15)20-14-12-18(4,5)6;11-9-6-5-7-3-1-2-4-8(7)10(9)12;;/h15-16H,7-14H2,1-6H3;1-4,9-12H,5-6H2;;/q-2;;;/t15-,16-;9-,10+;;/m10../s1. The average Bonchev–Trinajstić information content (AvgIpc) is 2.78. The molecular formula is C28H48N2O3Os-2. The molecule has 6 heteroatoms. The molecular weight excluding hydrogens is 603 g/mol. The summed E-state index contributed by atoms with van der Waals surface area (Å²) in [5.74, 6) is 0. The zero-order valence-electron chi connectivity index (χ0n) is 22.2. The Hall–Kier alpha value is -0.504. The van der Waals surface area contributed by atoms with Crippen LogP contribution in [0.4, 0.5) is 0 Å². The molecule has 1 saturated carbocycles. The molecule has 1 aromatic carbocycles. The van der Waals surface area contributed by atoms with Gasteiger partial charge in [-0.15, -0.1) is 13.1 Å². The van der Waals surface area contributed by atoms with Crippen molar-refractivity contribution in [2.45, 2.75) is 117 Å². The topological polar surface area (TPSA) is 85.7 Å². The van der Waals surface area contributed by atoms with Crippen molar-refractivity contribution in [3.63, 3.8) is 0 Å². The van der Waals surface area contributed by atoms with E-state index in [1.165, 1.54) is 38.5 Å². The predicted molar refractivity (Wildman–Crippen MR) is 137 cm³/mol. The van der Waals surface area contributed by atoms with Gasteiger partial charge in [0.05, 0.1) is 6.10 Å². The van der Waals surface area contributed by atoms with Gasteiger partial charge in [0, 0.05) is 0 Å². The Bertz CT molecular complexity index is 659. The molecule has 0 unspecified atom stereocenters. The van der Waals surface area contributed by atoms with Crippen molar-refractivity contribution in [3.8, 4) is 0 Å². The van der Waals surface area contributed by atoms with E-state index in [1.807, 2.05) is 24.3 Å². The summed E-state index contributed by atoms with van der Waals surface area (Å²) in [6.07, 6.45) is 7.85. The maximum absolute atomic E-state index is 9.58. The molecule has 0 aromatic heterocycles. The molecule has 0 amide bonds. The molecule has 4 atom stereocenters. The number of hydrogen-bond acceptors (Lipinski definition) is 3. The molecule has 5 nitrogen and oxygen atoms in total. The van der Waals surface area contributed by atoms with Crippen molar-refractivity contribution in [3.05, 3.63) is 46.0 Å². The first-order valence-electron chi connectivity index (χ1n) is 12.9. The van der Waals surface area contributed by atoms with Crippen molar-refractivity contribution in [1.29, 1.82) is 0 Å². The number of rotatable bonds is 6. The second-order valence-electron chi connectivity index (χ2n) is 12.1. The van der Waals surface area contributed by atoms with E-state index >= 15 is 0 Å². The number of aliphatic hydroxyl groups excluding tert-OH is 2. The van der Waals surface area contributed by atoms with Crippen LogP contribution in [-0.4, -0.2) is 41.5 Å². The predicted octanol–water partition coefficient (Wildman–Crippen LogP) is 6.82. The van der Waals surface area contributed by atoms with Gasteiger partial charge in [0.25, 0.3) is 0 Å². The van der Waals surface area contributed by atoms with Crippen LogP contribution in [0.5, 0.6) is 0 Å². The average molecular weight is 651 g/mol. The molecule has 34 heavy (non-hydrogen) atoms. The van der Waals surface area contributed by atoms with E-state index in [4.69, 9.17) is 14.2 Å². The number of fused-ring (bicyclic) bond motifs is 1. The van der Waals surface area contributed by atoms with Crippen LogP contribution in [0.3, 0.4) is 0 Å². The summed E-state index contributed by atoms with van der Waals surface area (Å²) in [7, 11) is 0. The van der Waals surface area contributed by atoms with Crippen molar-refractivity contribution in [2.75, 3.05) is 13.1 Å². The first-order valence-corrected chi connectivity index (χ1v) is 13.9. The Labute approximate surface area is 219 Å². The quantitative estimate of drug-likeness (QED) is 0.354. The molecule has 0 heterocycles. The summed E-state index contributed by atoms with van der Waals surface area (Å²) in [6, 6.07) is 8.74. The third-order valence-electron chi connectivity index (χ3n) is 6.59. The first kappa shape index (κ1) is 31.5. The van der Waals surface area contributed by atoms with Crippen LogP contribution >= 0.6 is 0 Å². The van der Waals surface area contributed by atoms with Gasteiger partial charge in [-0.3, -0.25) is 0 Å². The van der Waals surface area contributed by atoms with Crippen molar-refractivity contribution >= 4 is 0 Å². The minimum absolute atomic E-state index is 0.400. The van der Waals surface area contributed by atoms with Gasteiger partial charge < -0.3 is 20.8 Å². The molecule has 3 rings (SSSR count). The van der Waals surface area contributed by atoms with Crippen LogP contribution in [0.25, 0.3) is 10.6 Å². The number of benzene rings is 1. The molecule has 1 fully saturated rings. The first-order chi connectivity index (χ1) is 16.0. The number of nitrogens with zero attached hydrogens (tertiary/aromatic N) is 2. The molecule has 0 aliphatic heterocycles. The Morgan fingerprint density at radius 1 is 0.824 bits per heavy atom. The second kappa shape index (κ2) is 15.6. The van der Waals surface area contributed by atoms with Gasteiger partial charge in [-0.05, 0) is 34.8 Å². The van der Waals surface area contributed by atoms with E-state index in [1.54, 1.807) is 0 Å². The number of hydrogen-bond donors (Lipinski definition) is 2. The summed E-state index contributed by atoms with van der Waals surface area (Å²) in [5, 5.41) is 28.9. The van der Waals surface area contributed by atoms with Gasteiger partial charge in [-0.2, -0.15) is 12.1 Å². The van der Waals surface area contributed by atoms with Crippen LogP contribution in [0.2, 0.25) is 0 Å². The van der Waals surface area contributed by atoms with Crippen LogP contribution in [-0.2, 0) is 28.5 Å². The summed E-state index contributed by atoms with van der Waals surface area (Å²) in [6.45, 7) is 15.8. The Kier molecular flexibility index (Phi) is 14.4. The van der Waals surface area contributed by atoms with Crippen LogP contribution in [0.15, 0.2) is 24.3 Å². The second-order valence-corrected chi connectivity index (χ2v) is 12.1. The SMILES string of the molecule is CC(C)(C)CC[N-][C@@H]1CCCC[C@H]1[N-]CCC(C)(C)C.O[C@@H]1c2ccccc2CC[C@@H]1O.[O]=[Os]. The fourth-order valence-electron chi connectivity index (χ4n) is 4.37. The monoisotopic (exact) mass is 652 g/mol. The van der Waals surface area contributed by atoms with Crippen molar-refractivity contribution in [1.82, 2.24) is 0 Å². The van der Waals surface area contributed by atoms with Crippen LogP contribution in [0, 0.1) is 10.8 Å². The number of aryl methyl sites for hydroxylation is 1. The molecule has 0 saturated heterocycles. The van der Waals surface area contributed by atoms with E-state index in [2.05, 4.69) is 41.5 Å². The van der Waals surface area contributed by atoms with Crippen LogP contribution in [0.1, 0.15) is 104 Å². The maximum atomic E-state index is 9.58. The molecule has 0 spiro atoms. The molecule has 2 N–H and O–H groups in total. The molecule has 2 aliphatic carbocycles. The third kappa shape index (κ3) is 12.5. The molecule has 1 aromatic rings. The fourth-order valence-corrected chi connectivity index (χ4v) is 4.37. The van der Waals surface area contributed by atoms with Gasteiger partial charge in [0.2, 0.25) is 0 Å². The van der Waals surface area contributed by atoms with Crippen molar-refractivity contribution < 1.29 is 32.3 Å². The summed E-state index contributed by atoms with van der Waals surface area (Å²) >= 11 is 0.611. The summed E-state index contributed by atoms with van der Waals surface area (Å²) in [4.78, 5) is 0. The van der Waals surface area contributed by atoms with Gasteiger partial charge in [0.15, 0.2) is 0 Å².